The Kier molecular flexibility index (Phi) is 8.31. The van der Waals surface area contributed by atoms with Crippen molar-refractivity contribution in [1.29, 1.82) is 0 Å². The Bertz CT molecular complexity index is 1120. The molecule has 1 aromatic heterocycles. The van der Waals surface area contributed by atoms with Crippen LogP contribution in [0, 0.1) is 0 Å². The molecule has 0 aliphatic rings. The van der Waals surface area contributed by atoms with Crippen LogP contribution >= 0.6 is 15.9 Å². The van der Waals surface area contributed by atoms with Gasteiger partial charge in [0.25, 0.3) is 0 Å². The van der Waals surface area contributed by atoms with Gasteiger partial charge in [-0.2, -0.15) is 0 Å². The summed E-state index contributed by atoms with van der Waals surface area (Å²) in [6.07, 6.45) is 0. The summed E-state index contributed by atoms with van der Waals surface area (Å²) < 4.78 is 12.0. The van der Waals surface area contributed by atoms with Crippen molar-refractivity contribution in [3.05, 3.63) is 76.0 Å². The molecule has 0 fully saturated rings. The smallest absolute Gasteiger partial charge is 0.361 e. The standard InChI is InChI=1S/C23H23BrN4O5/c1-3-32-22(30)20-21(23(31)33-4-2)28(26-25-20)15-19(29)27(14-16-8-6-5-7-9-16)18-12-10-17(24)11-13-18/h5-13H,3-4,14-15H2,1-2H3. The Hall–Kier alpha value is -3.53. The number of halogens is 1. The van der Waals surface area contributed by atoms with Crippen molar-refractivity contribution < 1.29 is 23.9 Å². The van der Waals surface area contributed by atoms with E-state index in [0.29, 0.717) is 12.2 Å². The minimum atomic E-state index is -0.812. The number of hydrogen-bond acceptors (Lipinski definition) is 7. The minimum Gasteiger partial charge on any atom is -0.461 e. The molecule has 0 spiro atoms. The van der Waals surface area contributed by atoms with Crippen molar-refractivity contribution in [2.45, 2.75) is 26.9 Å². The van der Waals surface area contributed by atoms with Gasteiger partial charge in [0.2, 0.25) is 11.6 Å². The Morgan fingerprint density at radius 3 is 2.21 bits per heavy atom. The summed E-state index contributed by atoms with van der Waals surface area (Å²) in [5.41, 5.74) is 1.07. The molecule has 2 aromatic carbocycles. The van der Waals surface area contributed by atoms with Crippen LogP contribution in [0.1, 0.15) is 40.4 Å². The van der Waals surface area contributed by atoms with Crippen LogP contribution < -0.4 is 4.90 Å². The van der Waals surface area contributed by atoms with E-state index in [0.717, 1.165) is 14.7 Å². The fourth-order valence-electron chi connectivity index (χ4n) is 3.09. The molecule has 0 saturated heterocycles. The number of nitrogens with zero attached hydrogens (tertiary/aromatic N) is 4. The molecule has 0 bridgehead atoms. The molecular formula is C23H23BrN4O5. The lowest BCUT2D eigenvalue weighted by atomic mass is 10.2. The first-order valence-electron chi connectivity index (χ1n) is 10.3. The van der Waals surface area contributed by atoms with Gasteiger partial charge in [-0.1, -0.05) is 51.5 Å². The highest BCUT2D eigenvalue weighted by Gasteiger charge is 2.29. The lowest BCUT2D eigenvalue weighted by Gasteiger charge is -2.23. The monoisotopic (exact) mass is 514 g/mol. The second-order valence-electron chi connectivity index (χ2n) is 6.83. The number of carbonyl (C=O) groups is 3. The second-order valence-corrected chi connectivity index (χ2v) is 7.74. The van der Waals surface area contributed by atoms with Crippen LogP contribution in [0.4, 0.5) is 5.69 Å². The van der Waals surface area contributed by atoms with Gasteiger partial charge in [0, 0.05) is 10.2 Å². The zero-order valence-corrected chi connectivity index (χ0v) is 19.8. The van der Waals surface area contributed by atoms with E-state index >= 15 is 0 Å². The molecule has 172 valence electrons. The summed E-state index contributed by atoms with van der Waals surface area (Å²) in [6, 6.07) is 16.8. The van der Waals surface area contributed by atoms with Crippen molar-refractivity contribution in [3.63, 3.8) is 0 Å². The lowest BCUT2D eigenvalue weighted by molar-refractivity contribution is -0.119. The molecule has 3 rings (SSSR count). The first-order chi connectivity index (χ1) is 15.9. The topological polar surface area (TPSA) is 104 Å². The predicted molar refractivity (Wildman–Crippen MR) is 124 cm³/mol. The maximum absolute atomic E-state index is 13.4. The first kappa shape index (κ1) is 24.1. The van der Waals surface area contributed by atoms with Crippen LogP contribution in [0.2, 0.25) is 0 Å². The zero-order valence-electron chi connectivity index (χ0n) is 18.2. The maximum Gasteiger partial charge on any atom is 0.361 e. The van der Waals surface area contributed by atoms with Gasteiger partial charge >= 0.3 is 11.9 Å². The van der Waals surface area contributed by atoms with E-state index in [1.54, 1.807) is 18.7 Å². The Morgan fingerprint density at radius 1 is 0.939 bits per heavy atom. The third-order valence-electron chi connectivity index (χ3n) is 4.58. The van der Waals surface area contributed by atoms with Gasteiger partial charge in [0.15, 0.2) is 5.69 Å². The average molecular weight is 515 g/mol. The zero-order chi connectivity index (χ0) is 23.8. The van der Waals surface area contributed by atoms with Gasteiger partial charge in [-0.25, -0.2) is 14.3 Å². The van der Waals surface area contributed by atoms with Crippen molar-refractivity contribution in [2.24, 2.45) is 0 Å². The van der Waals surface area contributed by atoms with Crippen molar-refractivity contribution >= 4 is 39.5 Å². The fourth-order valence-corrected chi connectivity index (χ4v) is 3.35. The maximum atomic E-state index is 13.4. The molecule has 33 heavy (non-hydrogen) atoms. The van der Waals surface area contributed by atoms with Crippen LogP contribution in [0.5, 0.6) is 0 Å². The van der Waals surface area contributed by atoms with Gasteiger partial charge in [0.05, 0.1) is 19.8 Å². The molecular weight excluding hydrogens is 492 g/mol. The van der Waals surface area contributed by atoms with Gasteiger partial charge in [-0.15, -0.1) is 5.10 Å². The molecule has 3 aromatic rings. The van der Waals surface area contributed by atoms with E-state index in [2.05, 4.69) is 26.2 Å². The second kappa shape index (κ2) is 11.4. The Balaban J connectivity index is 1.94. The van der Waals surface area contributed by atoms with Crippen LogP contribution in [-0.2, 0) is 27.4 Å². The number of aromatic nitrogens is 3. The van der Waals surface area contributed by atoms with E-state index < -0.39 is 11.9 Å². The molecule has 0 aliphatic heterocycles. The van der Waals surface area contributed by atoms with E-state index in [9.17, 15) is 14.4 Å². The molecule has 0 atom stereocenters. The van der Waals surface area contributed by atoms with Gasteiger partial charge < -0.3 is 14.4 Å². The summed E-state index contributed by atoms with van der Waals surface area (Å²) in [6.45, 7) is 3.42. The summed E-state index contributed by atoms with van der Waals surface area (Å²) in [5.74, 6) is -1.98. The number of esters is 2. The van der Waals surface area contributed by atoms with Crippen LogP contribution in [-0.4, -0.2) is 46.1 Å². The average Bonchev–Trinajstić information content (AvgIpc) is 3.23. The molecule has 10 heteroatoms. The minimum absolute atomic E-state index is 0.0826. The summed E-state index contributed by atoms with van der Waals surface area (Å²) >= 11 is 3.40. The molecule has 0 unspecified atom stereocenters. The quantitative estimate of drug-likeness (QED) is 0.401. The Labute approximate surface area is 199 Å². The summed E-state index contributed by atoms with van der Waals surface area (Å²) in [5, 5.41) is 7.65. The summed E-state index contributed by atoms with van der Waals surface area (Å²) in [4.78, 5) is 39.8. The van der Waals surface area contributed by atoms with Crippen molar-refractivity contribution in [3.8, 4) is 0 Å². The van der Waals surface area contributed by atoms with E-state index in [1.807, 2.05) is 54.6 Å². The SMILES string of the molecule is CCOC(=O)c1nnn(CC(=O)N(Cc2ccccc2)c2ccc(Br)cc2)c1C(=O)OCC. The fraction of sp³-hybridized carbons (Fsp3) is 0.261. The molecule has 0 aliphatic carbocycles. The van der Waals surface area contributed by atoms with Crippen LogP contribution in [0.25, 0.3) is 0 Å². The van der Waals surface area contributed by atoms with Crippen LogP contribution in [0.3, 0.4) is 0 Å². The first-order valence-corrected chi connectivity index (χ1v) is 11.1. The molecule has 1 amide bonds. The summed E-state index contributed by atoms with van der Waals surface area (Å²) in [7, 11) is 0. The number of ether oxygens (including phenoxy) is 2. The highest BCUT2D eigenvalue weighted by Crippen LogP contribution is 2.22. The molecule has 0 N–H and O–H groups in total. The molecule has 9 nitrogen and oxygen atoms in total. The third-order valence-corrected chi connectivity index (χ3v) is 5.11. The van der Waals surface area contributed by atoms with E-state index in [-0.39, 0.29) is 37.1 Å². The lowest BCUT2D eigenvalue weighted by Crippen LogP contribution is -2.34. The predicted octanol–water partition coefficient (Wildman–Crippen LogP) is 3.63. The number of carbonyl (C=O) groups excluding carboxylic acids is 3. The van der Waals surface area contributed by atoms with Gasteiger partial charge in [0.1, 0.15) is 6.54 Å². The van der Waals surface area contributed by atoms with Crippen molar-refractivity contribution in [2.75, 3.05) is 18.1 Å². The normalized spacial score (nSPS) is 10.5. The highest BCUT2D eigenvalue weighted by atomic mass is 79.9. The van der Waals surface area contributed by atoms with E-state index in [1.165, 1.54) is 0 Å². The molecule has 0 radical (unpaired) electrons. The Morgan fingerprint density at radius 2 is 1.58 bits per heavy atom. The number of hydrogen-bond donors (Lipinski definition) is 0. The largest absolute Gasteiger partial charge is 0.461 e. The number of anilines is 1. The third kappa shape index (κ3) is 6.04. The number of benzene rings is 2. The van der Waals surface area contributed by atoms with Gasteiger partial charge in [-0.3, -0.25) is 4.79 Å². The molecule has 0 saturated carbocycles. The van der Waals surface area contributed by atoms with Crippen LogP contribution in [0.15, 0.2) is 59.1 Å². The van der Waals surface area contributed by atoms with Crippen molar-refractivity contribution in [1.82, 2.24) is 15.0 Å². The van der Waals surface area contributed by atoms with E-state index in [4.69, 9.17) is 9.47 Å². The number of rotatable bonds is 9. The van der Waals surface area contributed by atoms with Gasteiger partial charge in [-0.05, 0) is 43.7 Å². The highest BCUT2D eigenvalue weighted by molar-refractivity contribution is 9.10. The molecule has 1 heterocycles. The number of amides is 1.